The molecule has 1 fully saturated rings. The van der Waals surface area contributed by atoms with Crippen molar-refractivity contribution in [2.24, 2.45) is 11.7 Å². The highest BCUT2D eigenvalue weighted by atomic mass is 16.2. The summed E-state index contributed by atoms with van der Waals surface area (Å²) >= 11 is 0. The molecular formula is C28H38N6O2. The molecule has 0 spiro atoms. The van der Waals surface area contributed by atoms with Crippen LogP contribution in [-0.4, -0.2) is 31.8 Å². The summed E-state index contributed by atoms with van der Waals surface area (Å²) in [6.07, 6.45) is 5.11. The van der Waals surface area contributed by atoms with Crippen LogP contribution < -0.4 is 11.1 Å². The van der Waals surface area contributed by atoms with Gasteiger partial charge in [0.2, 0.25) is 5.91 Å². The van der Waals surface area contributed by atoms with Gasteiger partial charge < -0.3 is 11.1 Å². The van der Waals surface area contributed by atoms with Gasteiger partial charge in [0, 0.05) is 27.9 Å². The van der Waals surface area contributed by atoms with E-state index in [1.165, 1.54) is 0 Å². The fraction of sp³-hybridized carbons (Fsp3) is 0.500. The van der Waals surface area contributed by atoms with E-state index in [2.05, 4.69) is 36.3 Å². The fourth-order valence-corrected chi connectivity index (χ4v) is 5.62. The second kappa shape index (κ2) is 9.91. The first kappa shape index (κ1) is 25.7. The summed E-state index contributed by atoms with van der Waals surface area (Å²) in [4.78, 5) is 26.4. The van der Waals surface area contributed by atoms with Crippen molar-refractivity contribution >= 4 is 17.5 Å². The van der Waals surface area contributed by atoms with E-state index in [9.17, 15) is 9.59 Å². The number of nitrogens with one attached hydrogen (secondary N) is 2. The molecular weight excluding hydrogens is 452 g/mol. The lowest BCUT2D eigenvalue weighted by Gasteiger charge is -2.30. The third-order valence-electron chi connectivity index (χ3n) is 7.29. The number of nitrogens with two attached hydrogens (primary N) is 1. The smallest absolute Gasteiger partial charge is 0.267 e. The van der Waals surface area contributed by atoms with E-state index >= 15 is 0 Å². The van der Waals surface area contributed by atoms with Crippen molar-refractivity contribution in [3.8, 4) is 11.1 Å². The predicted octanol–water partition coefficient (Wildman–Crippen LogP) is 5.35. The topological polar surface area (TPSA) is 119 Å². The lowest BCUT2D eigenvalue weighted by Crippen LogP contribution is -2.36. The number of aromatic amines is 1. The van der Waals surface area contributed by atoms with Crippen LogP contribution >= 0.6 is 0 Å². The number of H-pyrrole nitrogens is 1. The van der Waals surface area contributed by atoms with Gasteiger partial charge in [0.05, 0.1) is 11.4 Å². The average Bonchev–Trinajstić information content (AvgIpc) is 3.34. The molecule has 1 saturated carbocycles. The van der Waals surface area contributed by atoms with Crippen molar-refractivity contribution in [3.63, 3.8) is 0 Å². The minimum Gasteiger partial charge on any atom is -0.364 e. The number of hydrogen-bond acceptors (Lipinski definition) is 4. The molecule has 0 saturated heterocycles. The maximum Gasteiger partial charge on any atom is 0.267 e. The Labute approximate surface area is 213 Å². The number of aryl methyl sites for hydroxylation is 2. The van der Waals surface area contributed by atoms with E-state index in [1.54, 1.807) is 4.68 Å². The summed E-state index contributed by atoms with van der Waals surface area (Å²) in [5.41, 5.74) is 12.2. The van der Waals surface area contributed by atoms with Crippen LogP contribution in [0.4, 0.5) is 5.69 Å². The number of carbonyl (C=O) groups excluding carboxylic acids is 2. The molecule has 3 aromatic rings. The second-order valence-corrected chi connectivity index (χ2v) is 11.1. The molecule has 1 atom stereocenters. The van der Waals surface area contributed by atoms with Crippen LogP contribution in [0.2, 0.25) is 0 Å². The Bertz CT molecular complexity index is 1240. The Hall–Kier alpha value is -3.42. The van der Waals surface area contributed by atoms with Crippen molar-refractivity contribution in [2.75, 3.05) is 5.32 Å². The third-order valence-corrected chi connectivity index (χ3v) is 7.29. The molecule has 8 nitrogen and oxygen atoms in total. The number of hydrogen-bond donors (Lipinski definition) is 3. The number of carbonyl (C=O) groups is 2. The molecule has 0 aliphatic heterocycles. The van der Waals surface area contributed by atoms with E-state index in [0.29, 0.717) is 11.4 Å². The van der Waals surface area contributed by atoms with Crippen molar-refractivity contribution in [1.82, 2.24) is 20.0 Å². The predicted molar refractivity (Wildman–Crippen MR) is 142 cm³/mol. The Balaban J connectivity index is 1.70. The fourth-order valence-electron chi connectivity index (χ4n) is 5.62. The Morgan fingerprint density at radius 1 is 1.08 bits per heavy atom. The lowest BCUT2D eigenvalue weighted by molar-refractivity contribution is -0.121. The normalized spacial score (nSPS) is 15.6. The number of rotatable bonds is 6. The van der Waals surface area contributed by atoms with Crippen LogP contribution in [0, 0.1) is 26.7 Å². The van der Waals surface area contributed by atoms with E-state index < -0.39 is 11.9 Å². The van der Waals surface area contributed by atoms with Crippen molar-refractivity contribution in [3.05, 3.63) is 52.6 Å². The first-order chi connectivity index (χ1) is 17.0. The van der Waals surface area contributed by atoms with Crippen LogP contribution in [0.15, 0.2) is 24.3 Å². The number of nitrogens with zero attached hydrogens (tertiary/aromatic N) is 3. The van der Waals surface area contributed by atoms with E-state index in [4.69, 9.17) is 10.8 Å². The Morgan fingerprint density at radius 2 is 1.72 bits per heavy atom. The molecule has 2 amide bonds. The number of benzene rings is 1. The monoisotopic (exact) mass is 490 g/mol. The summed E-state index contributed by atoms with van der Waals surface area (Å²) in [7, 11) is 0. The molecule has 1 aromatic carbocycles. The molecule has 1 aliphatic rings. The number of anilines is 1. The first-order valence-electron chi connectivity index (χ1n) is 12.8. The van der Waals surface area contributed by atoms with Gasteiger partial charge >= 0.3 is 0 Å². The summed E-state index contributed by atoms with van der Waals surface area (Å²) in [5.74, 6) is -0.644. The highest BCUT2D eigenvalue weighted by Crippen LogP contribution is 2.37. The van der Waals surface area contributed by atoms with Crippen molar-refractivity contribution < 1.29 is 9.59 Å². The maximum atomic E-state index is 13.8. The van der Waals surface area contributed by atoms with Gasteiger partial charge in [-0.2, -0.15) is 10.2 Å². The van der Waals surface area contributed by atoms with Gasteiger partial charge in [0.25, 0.3) is 5.91 Å². The zero-order chi connectivity index (χ0) is 26.2. The molecule has 0 radical (unpaired) electrons. The summed E-state index contributed by atoms with van der Waals surface area (Å²) in [6.45, 7) is 12.0. The molecule has 0 bridgehead atoms. The number of amides is 2. The van der Waals surface area contributed by atoms with Gasteiger partial charge in [0.1, 0.15) is 11.7 Å². The number of aromatic nitrogens is 4. The van der Waals surface area contributed by atoms with E-state index in [1.807, 2.05) is 45.0 Å². The van der Waals surface area contributed by atoms with Crippen molar-refractivity contribution in [1.29, 1.82) is 0 Å². The zero-order valence-corrected chi connectivity index (χ0v) is 22.2. The SMILES string of the molecule is Cc1n[nH]c(C)c1-c1ccc(NC(=O)[C@H](C2CCCCC2)n2nc(C(C)(C)C)c(C)c2C(N)=O)cc1. The molecule has 36 heavy (non-hydrogen) atoms. The molecule has 4 rings (SSSR count). The molecule has 8 heteroatoms. The lowest BCUT2D eigenvalue weighted by atomic mass is 9.83. The highest BCUT2D eigenvalue weighted by Gasteiger charge is 2.37. The van der Waals surface area contributed by atoms with Crippen LogP contribution in [0.25, 0.3) is 11.1 Å². The molecule has 2 heterocycles. The average molecular weight is 491 g/mol. The van der Waals surface area contributed by atoms with Gasteiger partial charge in [-0.3, -0.25) is 14.7 Å². The highest BCUT2D eigenvalue weighted by molar-refractivity contribution is 5.97. The van der Waals surface area contributed by atoms with Crippen LogP contribution in [0.5, 0.6) is 0 Å². The number of primary amides is 1. The zero-order valence-electron chi connectivity index (χ0n) is 22.2. The minimum atomic E-state index is -0.611. The van der Waals surface area contributed by atoms with E-state index in [0.717, 1.165) is 65.9 Å². The molecule has 2 aromatic heterocycles. The van der Waals surface area contributed by atoms with Gasteiger partial charge in [-0.1, -0.05) is 52.2 Å². The quantitative estimate of drug-likeness (QED) is 0.431. The van der Waals surface area contributed by atoms with Gasteiger partial charge in [-0.25, -0.2) is 4.68 Å². The van der Waals surface area contributed by atoms with Crippen LogP contribution in [0.1, 0.15) is 92.1 Å². The van der Waals surface area contributed by atoms with Crippen LogP contribution in [-0.2, 0) is 10.2 Å². The summed E-state index contributed by atoms with van der Waals surface area (Å²) < 4.78 is 1.62. The summed E-state index contributed by atoms with van der Waals surface area (Å²) in [5, 5.41) is 15.2. The molecule has 4 N–H and O–H groups in total. The summed E-state index contributed by atoms with van der Waals surface area (Å²) in [6, 6.07) is 7.17. The molecule has 1 aliphatic carbocycles. The van der Waals surface area contributed by atoms with Gasteiger partial charge in [-0.05, 0) is 57.2 Å². The van der Waals surface area contributed by atoms with Crippen molar-refractivity contribution in [2.45, 2.75) is 85.1 Å². The standard InChI is InChI=1S/C28H38N6O2/c1-16-23(26(29)35)34(33-25(16)28(4,5)6)24(20-10-8-7-9-11-20)27(36)30-21-14-12-19(13-15-21)22-17(2)31-32-18(22)3/h12-15,20,24H,7-11H2,1-6H3,(H2,29,35)(H,30,36)(H,31,32)/t24-/m0/s1. The second-order valence-electron chi connectivity index (χ2n) is 11.1. The van der Waals surface area contributed by atoms with Gasteiger partial charge in [-0.15, -0.1) is 0 Å². The molecule has 0 unspecified atom stereocenters. The minimum absolute atomic E-state index is 0.0828. The van der Waals surface area contributed by atoms with Crippen LogP contribution in [0.3, 0.4) is 0 Å². The maximum absolute atomic E-state index is 13.8. The van der Waals surface area contributed by atoms with E-state index in [-0.39, 0.29) is 17.2 Å². The van der Waals surface area contributed by atoms with Gasteiger partial charge in [0.15, 0.2) is 0 Å². The Morgan fingerprint density at radius 3 is 2.25 bits per heavy atom. The largest absolute Gasteiger partial charge is 0.364 e. The molecule has 192 valence electrons. The first-order valence-corrected chi connectivity index (χ1v) is 12.8. The Kier molecular flexibility index (Phi) is 7.07. The third kappa shape index (κ3) is 4.94.